The van der Waals surface area contributed by atoms with Crippen LogP contribution in [0.2, 0.25) is 0 Å². The molecule has 5 N–H and O–H groups in total. The first-order chi connectivity index (χ1) is 20.4. The third-order valence-electron chi connectivity index (χ3n) is 6.65. The molecule has 4 heterocycles. The topological polar surface area (TPSA) is 251 Å². The average Bonchev–Trinajstić information content (AvgIpc) is 3.40. The molecule has 20 heteroatoms. The third-order valence-corrected chi connectivity index (χ3v) is 8.26. The second-order valence-corrected chi connectivity index (χ2v) is 12.0. The first-order valence-electron chi connectivity index (χ1n) is 12.7. The summed E-state index contributed by atoms with van der Waals surface area (Å²) < 4.78 is 37.6. The van der Waals surface area contributed by atoms with Crippen molar-refractivity contribution in [1.82, 2.24) is 34.9 Å². The van der Waals surface area contributed by atoms with Crippen LogP contribution in [0.1, 0.15) is 29.8 Å². The lowest BCUT2D eigenvalue weighted by Crippen LogP contribution is -2.73. The van der Waals surface area contributed by atoms with Crippen LogP contribution in [-0.2, 0) is 56.2 Å². The predicted molar refractivity (Wildman–Crippen MR) is 144 cm³/mol. The van der Waals surface area contributed by atoms with Gasteiger partial charge in [-0.15, -0.1) is 11.3 Å². The Morgan fingerprint density at radius 2 is 2.14 bits per heavy atom. The molecule has 2 atom stereocenters. The highest BCUT2D eigenvalue weighted by Crippen LogP contribution is 2.40. The largest absolute Gasteiger partial charge is 0.731 e. The summed E-state index contributed by atoms with van der Waals surface area (Å²) in [7, 11) is -3.34. The number of amides is 2. The van der Waals surface area contributed by atoms with Gasteiger partial charge in [0, 0.05) is 42.9 Å². The van der Waals surface area contributed by atoms with E-state index in [0.717, 1.165) is 21.7 Å². The lowest BCUT2D eigenvalue weighted by Gasteiger charge is -2.46. The van der Waals surface area contributed by atoms with Crippen molar-refractivity contribution in [2.75, 3.05) is 5.73 Å². The van der Waals surface area contributed by atoms with Crippen molar-refractivity contribution in [2.45, 2.75) is 50.2 Å². The van der Waals surface area contributed by atoms with Crippen LogP contribution in [0.25, 0.3) is 0 Å². The van der Waals surface area contributed by atoms with Crippen LogP contribution in [0.4, 0.5) is 5.13 Å². The van der Waals surface area contributed by atoms with Crippen LogP contribution < -0.4 is 20.9 Å². The highest BCUT2D eigenvalue weighted by Gasteiger charge is 2.55. The lowest BCUT2D eigenvalue weighted by molar-refractivity contribution is -0.671. The number of β-lactam (4-membered cyclic amide) rings is 1. The van der Waals surface area contributed by atoms with Gasteiger partial charge in [-0.05, 0) is 6.07 Å². The number of nitrogens with zero attached hydrogens (tertiary/aromatic N) is 7. The van der Waals surface area contributed by atoms with Crippen LogP contribution in [-0.4, -0.2) is 83.5 Å². The molecule has 1 unspecified atom stereocenters. The Kier molecular flexibility index (Phi) is 8.10. The molecule has 0 aromatic carbocycles. The van der Waals surface area contributed by atoms with Gasteiger partial charge in [0.25, 0.3) is 11.8 Å². The number of anilines is 1. The van der Waals surface area contributed by atoms with E-state index in [0.29, 0.717) is 18.8 Å². The molecule has 1 saturated carbocycles. The van der Waals surface area contributed by atoms with Crippen molar-refractivity contribution in [2.24, 2.45) is 12.2 Å². The molecule has 3 aromatic rings. The first kappa shape index (κ1) is 29.9. The second kappa shape index (κ2) is 11.6. The number of aryl methyl sites for hydroxylation is 1. The van der Waals surface area contributed by atoms with Crippen LogP contribution >= 0.6 is 11.3 Å². The minimum atomic E-state index is -5.24. The fourth-order valence-corrected chi connectivity index (χ4v) is 5.69. The van der Waals surface area contributed by atoms with Crippen molar-refractivity contribution < 1.29 is 41.9 Å². The maximum Gasteiger partial charge on any atom is 0.350 e. The number of oxime groups is 1. The van der Waals surface area contributed by atoms with Crippen molar-refractivity contribution in [3.63, 3.8) is 0 Å². The van der Waals surface area contributed by atoms with E-state index in [1.807, 2.05) is 36.1 Å². The van der Waals surface area contributed by atoms with Gasteiger partial charge in [-0.2, -0.15) is 15.0 Å². The maximum atomic E-state index is 13.2. The van der Waals surface area contributed by atoms with Crippen molar-refractivity contribution >= 4 is 50.3 Å². The zero-order valence-electron chi connectivity index (χ0n) is 22.5. The Morgan fingerprint density at radius 3 is 2.77 bits per heavy atom. The minimum Gasteiger partial charge on any atom is -0.731 e. The lowest BCUT2D eigenvalue weighted by atomic mass is 9.98. The monoisotopic (exact) mass is 634 g/mol. The molecule has 0 spiro atoms. The summed E-state index contributed by atoms with van der Waals surface area (Å²) in [5.41, 5.74) is 5.05. The van der Waals surface area contributed by atoms with Gasteiger partial charge in [0.15, 0.2) is 33.5 Å². The fourth-order valence-electron chi connectivity index (χ4n) is 4.29. The Labute approximate surface area is 248 Å². The number of nitrogens with two attached hydrogens (primary N) is 1. The van der Waals surface area contributed by atoms with Gasteiger partial charge in [-0.25, -0.2) is 27.1 Å². The number of hydrogen-bond donors (Lipinski definition) is 4. The number of aliphatic carboxylic acids is 1. The van der Waals surface area contributed by atoms with Gasteiger partial charge in [0.1, 0.15) is 18.8 Å². The standard InChI is InChI=1S/C23H26N10O8S2/c1-31-6-2-3-13(10-31)7-25-8-14-9-26-32(29-14)11-16-18(20(35)33(16)43(38,39)40)28-19(34)17(15-12-42-22(24)27-15)30-41-23(4-5-23)21(36)37/h2-3,6,9-10,12,16,18,25H,4-5,7-8,11H2,1H3,(H4-,24,27,28,34,36,37,38,39,40)/b30-17-/t16?,18-/m0/s1. The van der Waals surface area contributed by atoms with E-state index in [2.05, 4.69) is 31.0 Å². The number of pyridine rings is 1. The Hall–Kier alpha value is -4.53. The number of thiazole rings is 1. The third kappa shape index (κ3) is 6.61. The summed E-state index contributed by atoms with van der Waals surface area (Å²) in [6.45, 7) is 0.516. The van der Waals surface area contributed by atoms with Gasteiger partial charge in [-0.3, -0.25) is 9.59 Å². The van der Waals surface area contributed by atoms with E-state index < -0.39 is 51.5 Å². The number of carbonyl (C=O) groups is 3. The van der Waals surface area contributed by atoms with Crippen molar-refractivity contribution in [1.29, 1.82) is 0 Å². The normalized spacial score (nSPS) is 19.5. The number of nitrogens with one attached hydrogen (secondary N) is 2. The fraction of sp³-hybridized carbons (Fsp3) is 0.391. The molecule has 3 aromatic heterocycles. The number of hydrogen-bond acceptors (Lipinski definition) is 14. The van der Waals surface area contributed by atoms with Crippen molar-refractivity contribution in [3.05, 3.63) is 53.1 Å². The SMILES string of the molecule is C[n+]1cccc(CNCc2cnn(CC3[C@H](NC(=O)/C(=N\OC4(C(=O)O)CC4)c4csc(N)n4)C(=O)N3S(=O)(=O)[O-])n2)c1. The summed E-state index contributed by atoms with van der Waals surface area (Å²) in [4.78, 5) is 47.7. The van der Waals surface area contributed by atoms with E-state index >= 15 is 0 Å². The zero-order chi connectivity index (χ0) is 30.9. The number of rotatable bonds is 13. The quantitative estimate of drug-likeness (QED) is 0.0505. The van der Waals surface area contributed by atoms with Gasteiger partial charge in [0.2, 0.25) is 5.60 Å². The van der Waals surface area contributed by atoms with E-state index in [-0.39, 0.29) is 34.5 Å². The summed E-state index contributed by atoms with van der Waals surface area (Å²) in [6, 6.07) is 1.00. The molecule has 43 heavy (non-hydrogen) atoms. The highest BCUT2D eigenvalue weighted by atomic mass is 32.2. The zero-order valence-corrected chi connectivity index (χ0v) is 24.1. The Bertz CT molecular complexity index is 1700. The van der Waals surface area contributed by atoms with E-state index in [1.165, 1.54) is 11.6 Å². The summed E-state index contributed by atoms with van der Waals surface area (Å²) in [5, 5.41) is 28.4. The predicted octanol–water partition coefficient (Wildman–Crippen LogP) is -2.37. The molecular weight excluding hydrogens is 608 g/mol. The van der Waals surface area contributed by atoms with Gasteiger partial charge in [0.05, 0.1) is 24.5 Å². The molecule has 5 rings (SSSR count). The Balaban J connectivity index is 1.29. The number of nitrogen functional groups attached to an aromatic ring is 1. The van der Waals surface area contributed by atoms with Gasteiger partial charge in [-0.1, -0.05) is 5.16 Å². The molecule has 1 aliphatic carbocycles. The molecule has 2 fully saturated rings. The van der Waals surface area contributed by atoms with Gasteiger partial charge >= 0.3 is 5.97 Å². The molecule has 228 valence electrons. The first-order valence-corrected chi connectivity index (χ1v) is 15.0. The van der Waals surface area contributed by atoms with Crippen LogP contribution in [0.15, 0.2) is 41.3 Å². The molecule has 2 amide bonds. The molecule has 2 aliphatic rings. The van der Waals surface area contributed by atoms with Gasteiger partial charge < -0.3 is 30.9 Å². The van der Waals surface area contributed by atoms with Crippen LogP contribution in [0, 0.1) is 0 Å². The summed E-state index contributed by atoms with van der Waals surface area (Å²) in [6.07, 6.45) is 5.62. The molecule has 18 nitrogen and oxygen atoms in total. The number of carboxylic acid groups (broad SMARTS) is 1. The van der Waals surface area contributed by atoms with E-state index in [9.17, 15) is 32.5 Å². The molecule has 1 saturated heterocycles. The molecular formula is C23H26N10O8S2. The molecule has 0 bridgehead atoms. The second-order valence-electron chi connectivity index (χ2n) is 9.88. The maximum absolute atomic E-state index is 13.2. The highest BCUT2D eigenvalue weighted by molar-refractivity contribution is 7.84. The van der Waals surface area contributed by atoms with Crippen LogP contribution in [0.5, 0.6) is 0 Å². The number of aromatic nitrogens is 5. The molecule has 0 radical (unpaired) electrons. The number of carbonyl (C=O) groups excluding carboxylic acids is 2. The summed E-state index contributed by atoms with van der Waals surface area (Å²) >= 11 is 0.970. The average molecular weight is 635 g/mol. The minimum absolute atomic E-state index is 0.0621. The van der Waals surface area contributed by atoms with Crippen LogP contribution in [0.3, 0.4) is 0 Å². The van der Waals surface area contributed by atoms with Crippen molar-refractivity contribution in [3.8, 4) is 0 Å². The molecule has 1 aliphatic heterocycles. The number of carboxylic acids is 1. The Morgan fingerprint density at radius 1 is 1.37 bits per heavy atom. The van der Waals surface area contributed by atoms with E-state index in [4.69, 9.17) is 10.6 Å². The van der Waals surface area contributed by atoms with E-state index in [1.54, 1.807) is 0 Å². The summed E-state index contributed by atoms with van der Waals surface area (Å²) in [5.74, 6) is -3.49. The smallest absolute Gasteiger partial charge is 0.350 e.